The maximum atomic E-state index is 5.09. The zero-order chi connectivity index (χ0) is 20.4. The molecule has 0 saturated carbocycles. The van der Waals surface area contributed by atoms with Crippen LogP contribution in [-0.2, 0) is 0 Å². The first-order chi connectivity index (χ1) is 13.8. The number of nitrogens with zero attached hydrogens (tertiary/aromatic N) is 2. The number of aromatic nitrogens is 2. The third-order valence-electron chi connectivity index (χ3n) is 6.06. The SMILES string of the molecule is Cc1cc(C)c(-c2c(C)nc3c4ccc(C)cc4c4cc(C)ccc4n23)c(C)c1. The van der Waals surface area contributed by atoms with Crippen molar-refractivity contribution in [1.82, 2.24) is 9.38 Å². The Balaban J connectivity index is 2.07. The van der Waals surface area contributed by atoms with E-state index in [1.807, 2.05) is 0 Å². The highest BCUT2D eigenvalue weighted by Crippen LogP contribution is 2.38. The van der Waals surface area contributed by atoms with Crippen LogP contribution in [0.4, 0.5) is 0 Å². The fraction of sp³-hybridized carbons (Fsp3) is 0.222. The van der Waals surface area contributed by atoms with E-state index in [1.165, 1.54) is 60.8 Å². The van der Waals surface area contributed by atoms with E-state index in [-0.39, 0.29) is 0 Å². The topological polar surface area (TPSA) is 17.3 Å². The van der Waals surface area contributed by atoms with E-state index < -0.39 is 0 Å². The number of hydrogen-bond acceptors (Lipinski definition) is 1. The minimum absolute atomic E-state index is 1.04. The Labute approximate surface area is 171 Å². The molecule has 0 amide bonds. The Morgan fingerprint density at radius 1 is 0.621 bits per heavy atom. The molecule has 0 spiro atoms. The van der Waals surface area contributed by atoms with Gasteiger partial charge in [0.2, 0.25) is 0 Å². The summed E-state index contributed by atoms with van der Waals surface area (Å²) >= 11 is 0. The quantitative estimate of drug-likeness (QED) is 0.283. The van der Waals surface area contributed by atoms with Crippen LogP contribution in [0.1, 0.15) is 33.5 Å². The highest BCUT2D eigenvalue weighted by atomic mass is 15.0. The number of fused-ring (bicyclic) bond motifs is 6. The van der Waals surface area contributed by atoms with Crippen molar-refractivity contribution in [1.29, 1.82) is 0 Å². The molecule has 2 aromatic heterocycles. The summed E-state index contributed by atoms with van der Waals surface area (Å²) in [4.78, 5) is 5.09. The van der Waals surface area contributed by atoms with Gasteiger partial charge < -0.3 is 0 Å². The van der Waals surface area contributed by atoms with Crippen LogP contribution in [0.3, 0.4) is 0 Å². The standard InChI is InChI=1S/C27H26N2/c1-15-7-9-21-22(13-15)23-14-16(2)8-10-24(23)29-26(20(6)28-27(21)29)25-18(4)11-17(3)12-19(25)5/h7-14H,1-6H3. The van der Waals surface area contributed by atoms with Crippen molar-refractivity contribution in [3.05, 3.63) is 82.0 Å². The lowest BCUT2D eigenvalue weighted by atomic mass is 9.96. The van der Waals surface area contributed by atoms with Gasteiger partial charge in [0, 0.05) is 16.3 Å². The summed E-state index contributed by atoms with van der Waals surface area (Å²) in [6.45, 7) is 13.1. The van der Waals surface area contributed by atoms with Crippen molar-refractivity contribution in [2.24, 2.45) is 0 Å². The largest absolute Gasteiger partial charge is 0.291 e. The lowest BCUT2D eigenvalue weighted by molar-refractivity contribution is 1.22. The number of hydrogen-bond donors (Lipinski definition) is 0. The molecule has 29 heavy (non-hydrogen) atoms. The Hall–Kier alpha value is -3.13. The molecule has 0 unspecified atom stereocenters. The van der Waals surface area contributed by atoms with Gasteiger partial charge in [-0.25, -0.2) is 4.98 Å². The van der Waals surface area contributed by atoms with Gasteiger partial charge in [-0.3, -0.25) is 4.40 Å². The molecule has 5 aromatic rings. The van der Waals surface area contributed by atoms with Crippen molar-refractivity contribution >= 4 is 27.3 Å². The molecule has 0 aliphatic carbocycles. The zero-order valence-electron chi connectivity index (χ0n) is 18.0. The minimum atomic E-state index is 1.04. The molecule has 2 heteroatoms. The predicted molar refractivity (Wildman–Crippen MR) is 124 cm³/mol. The van der Waals surface area contributed by atoms with Gasteiger partial charge in [0.15, 0.2) is 0 Å². The first kappa shape index (κ1) is 17.9. The highest BCUT2D eigenvalue weighted by molar-refractivity contribution is 6.13. The van der Waals surface area contributed by atoms with Crippen LogP contribution in [0.2, 0.25) is 0 Å². The molecule has 0 saturated heterocycles. The highest BCUT2D eigenvalue weighted by Gasteiger charge is 2.20. The number of rotatable bonds is 1. The number of imidazole rings is 1. The molecule has 0 atom stereocenters. The van der Waals surface area contributed by atoms with Crippen molar-refractivity contribution in [3.63, 3.8) is 0 Å². The van der Waals surface area contributed by atoms with E-state index in [9.17, 15) is 0 Å². The molecule has 0 aliphatic heterocycles. The Kier molecular flexibility index (Phi) is 3.82. The van der Waals surface area contributed by atoms with Gasteiger partial charge in [0.05, 0.1) is 16.9 Å². The Morgan fingerprint density at radius 3 is 1.93 bits per heavy atom. The molecule has 2 heterocycles. The van der Waals surface area contributed by atoms with E-state index in [4.69, 9.17) is 4.98 Å². The minimum Gasteiger partial charge on any atom is -0.291 e. The number of benzene rings is 3. The van der Waals surface area contributed by atoms with Crippen molar-refractivity contribution in [3.8, 4) is 11.3 Å². The van der Waals surface area contributed by atoms with Gasteiger partial charge >= 0.3 is 0 Å². The summed E-state index contributed by atoms with van der Waals surface area (Å²) in [6.07, 6.45) is 0. The molecule has 0 bridgehead atoms. The van der Waals surface area contributed by atoms with Crippen LogP contribution < -0.4 is 0 Å². The number of aryl methyl sites for hydroxylation is 6. The van der Waals surface area contributed by atoms with Gasteiger partial charge in [-0.05, 0) is 70.2 Å². The number of pyridine rings is 1. The first-order valence-electron chi connectivity index (χ1n) is 10.2. The third-order valence-corrected chi connectivity index (χ3v) is 6.06. The van der Waals surface area contributed by atoms with Crippen LogP contribution in [0.5, 0.6) is 0 Å². The van der Waals surface area contributed by atoms with Crippen LogP contribution in [0.25, 0.3) is 38.6 Å². The fourth-order valence-electron chi connectivity index (χ4n) is 4.93. The second-order valence-electron chi connectivity index (χ2n) is 8.55. The average molecular weight is 379 g/mol. The van der Waals surface area contributed by atoms with Crippen LogP contribution in [0.15, 0.2) is 48.5 Å². The van der Waals surface area contributed by atoms with E-state index in [2.05, 4.69) is 94.5 Å². The predicted octanol–water partition coefficient (Wildman–Crippen LogP) is 7.16. The molecule has 0 aliphatic rings. The second-order valence-corrected chi connectivity index (χ2v) is 8.55. The fourth-order valence-corrected chi connectivity index (χ4v) is 4.93. The monoisotopic (exact) mass is 378 g/mol. The smallest absolute Gasteiger partial charge is 0.145 e. The third kappa shape index (κ3) is 2.59. The lowest BCUT2D eigenvalue weighted by Crippen LogP contribution is -1.98. The van der Waals surface area contributed by atoms with E-state index in [0.717, 1.165) is 11.3 Å². The molecule has 0 radical (unpaired) electrons. The van der Waals surface area contributed by atoms with Crippen LogP contribution in [0, 0.1) is 41.5 Å². The summed E-state index contributed by atoms with van der Waals surface area (Å²) in [5.41, 5.74) is 12.3. The molecule has 2 nitrogen and oxygen atoms in total. The van der Waals surface area contributed by atoms with Crippen LogP contribution in [-0.4, -0.2) is 9.38 Å². The molecule has 0 fully saturated rings. The van der Waals surface area contributed by atoms with Gasteiger partial charge in [0.25, 0.3) is 0 Å². The van der Waals surface area contributed by atoms with Gasteiger partial charge in [-0.15, -0.1) is 0 Å². The Morgan fingerprint density at radius 2 is 1.24 bits per heavy atom. The summed E-state index contributed by atoms with van der Waals surface area (Å²) in [7, 11) is 0. The van der Waals surface area contributed by atoms with E-state index in [1.54, 1.807) is 0 Å². The van der Waals surface area contributed by atoms with E-state index >= 15 is 0 Å². The summed E-state index contributed by atoms with van der Waals surface area (Å²) in [6, 6.07) is 18.0. The van der Waals surface area contributed by atoms with Gasteiger partial charge in [0.1, 0.15) is 5.65 Å². The molecular weight excluding hydrogens is 352 g/mol. The molecule has 5 rings (SSSR count). The Bertz CT molecular complexity index is 1430. The first-order valence-corrected chi connectivity index (χ1v) is 10.2. The van der Waals surface area contributed by atoms with E-state index in [0.29, 0.717) is 0 Å². The molecular formula is C27H26N2. The molecule has 3 aromatic carbocycles. The molecule has 144 valence electrons. The van der Waals surface area contributed by atoms with Gasteiger partial charge in [-0.1, -0.05) is 53.1 Å². The summed E-state index contributed by atoms with van der Waals surface area (Å²) in [5.74, 6) is 0. The summed E-state index contributed by atoms with van der Waals surface area (Å²) in [5, 5.41) is 3.79. The normalized spacial score (nSPS) is 11.8. The average Bonchev–Trinajstić information content (AvgIpc) is 2.98. The summed E-state index contributed by atoms with van der Waals surface area (Å²) < 4.78 is 2.38. The second kappa shape index (κ2) is 6.18. The van der Waals surface area contributed by atoms with Crippen LogP contribution >= 0.6 is 0 Å². The van der Waals surface area contributed by atoms with Crippen molar-refractivity contribution in [2.75, 3.05) is 0 Å². The maximum Gasteiger partial charge on any atom is 0.145 e. The van der Waals surface area contributed by atoms with Crippen molar-refractivity contribution < 1.29 is 0 Å². The van der Waals surface area contributed by atoms with Crippen molar-refractivity contribution in [2.45, 2.75) is 41.5 Å². The molecule has 0 N–H and O–H groups in total. The zero-order valence-corrected chi connectivity index (χ0v) is 18.0. The maximum absolute atomic E-state index is 5.09. The lowest BCUT2D eigenvalue weighted by Gasteiger charge is -2.15. The van der Waals surface area contributed by atoms with Gasteiger partial charge in [-0.2, -0.15) is 0 Å².